The Balaban J connectivity index is 3.48. The highest BCUT2D eigenvalue weighted by atomic mass is 32.2. The van der Waals surface area contributed by atoms with E-state index in [0.717, 1.165) is 0 Å². The van der Waals surface area contributed by atoms with E-state index in [2.05, 4.69) is 10.6 Å². The molecule has 0 aromatic heterocycles. The quantitative estimate of drug-likeness (QED) is 0.497. The first-order chi connectivity index (χ1) is 6.57. The molecule has 0 radical (unpaired) electrons. The van der Waals surface area contributed by atoms with Gasteiger partial charge in [0.05, 0.1) is 6.04 Å². The van der Waals surface area contributed by atoms with E-state index in [4.69, 9.17) is 5.73 Å². The predicted molar refractivity (Wildman–Crippen MR) is 58.1 cm³/mol. The van der Waals surface area contributed by atoms with Crippen LogP contribution in [0, 0.1) is 0 Å². The number of hydrogen-bond acceptors (Lipinski definition) is 4. The van der Waals surface area contributed by atoms with Gasteiger partial charge < -0.3 is 16.4 Å². The van der Waals surface area contributed by atoms with Crippen LogP contribution >= 0.6 is 11.8 Å². The Hall–Kier alpha value is -0.750. The van der Waals surface area contributed by atoms with Gasteiger partial charge in [-0.1, -0.05) is 0 Å². The maximum absolute atomic E-state index is 11.2. The minimum atomic E-state index is -0.470. The lowest BCUT2D eigenvalue weighted by molar-refractivity contribution is -0.122. The largest absolute Gasteiger partial charge is 0.355 e. The molecule has 0 aromatic carbocycles. The highest BCUT2D eigenvalue weighted by Gasteiger charge is 2.10. The molecule has 2 amide bonds. The molecule has 0 saturated carbocycles. The summed E-state index contributed by atoms with van der Waals surface area (Å²) in [6.45, 7) is 2.29. The molecule has 0 fully saturated rings. The van der Waals surface area contributed by atoms with Crippen molar-refractivity contribution in [2.24, 2.45) is 5.73 Å². The number of nitrogens with one attached hydrogen (secondary N) is 2. The Kier molecular flexibility index (Phi) is 7.23. The molecule has 0 heterocycles. The molecule has 6 heteroatoms. The summed E-state index contributed by atoms with van der Waals surface area (Å²) in [5.41, 5.74) is 5.55. The van der Waals surface area contributed by atoms with E-state index in [9.17, 15) is 9.59 Å². The number of nitrogens with two attached hydrogens (primary N) is 1. The summed E-state index contributed by atoms with van der Waals surface area (Å²) in [7, 11) is 0. The summed E-state index contributed by atoms with van der Waals surface area (Å²) in [6.07, 6.45) is 1.89. The average Bonchev–Trinajstić information content (AvgIpc) is 2.12. The van der Waals surface area contributed by atoms with Gasteiger partial charge >= 0.3 is 0 Å². The van der Waals surface area contributed by atoms with Gasteiger partial charge in [-0.05, 0) is 6.26 Å². The van der Waals surface area contributed by atoms with Gasteiger partial charge in [0.1, 0.15) is 0 Å². The summed E-state index contributed by atoms with van der Waals surface area (Å²) >= 11 is 1.53. The van der Waals surface area contributed by atoms with Crippen molar-refractivity contribution >= 4 is 23.6 Å². The van der Waals surface area contributed by atoms with Crippen molar-refractivity contribution in [2.75, 3.05) is 25.1 Å². The van der Waals surface area contributed by atoms with Crippen LogP contribution in [0.1, 0.15) is 6.92 Å². The molecule has 0 rings (SSSR count). The van der Waals surface area contributed by atoms with Gasteiger partial charge in [0.15, 0.2) is 0 Å². The zero-order valence-corrected chi connectivity index (χ0v) is 9.32. The maximum Gasteiger partial charge on any atom is 0.237 e. The van der Waals surface area contributed by atoms with E-state index >= 15 is 0 Å². The van der Waals surface area contributed by atoms with E-state index in [-0.39, 0.29) is 11.8 Å². The Labute approximate surface area is 88.2 Å². The number of hydrogen-bond donors (Lipinski definition) is 3. The van der Waals surface area contributed by atoms with Crippen LogP contribution in [0.2, 0.25) is 0 Å². The van der Waals surface area contributed by atoms with E-state index in [1.54, 1.807) is 0 Å². The van der Waals surface area contributed by atoms with Crippen molar-refractivity contribution in [3.8, 4) is 0 Å². The molecule has 5 nitrogen and oxygen atoms in total. The molecular weight excluding hydrogens is 202 g/mol. The first-order valence-electron chi connectivity index (χ1n) is 4.34. The third kappa shape index (κ3) is 6.73. The molecule has 0 spiro atoms. The minimum absolute atomic E-state index is 0.104. The molecule has 0 aliphatic heterocycles. The van der Waals surface area contributed by atoms with Crippen LogP contribution in [0.4, 0.5) is 0 Å². The Morgan fingerprint density at radius 1 is 1.36 bits per heavy atom. The van der Waals surface area contributed by atoms with Gasteiger partial charge in [-0.2, -0.15) is 11.8 Å². The van der Waals surface area contributed by atoms with Crippen molar-refractivity contribution in [3.63, 3.8) is 0 Å². The van der Waals surface area contributed by atoms with E-state index in [1.807, 2.05) is 6.26 Å². The minimum Gasteiger partial charge on any atom is -0.355 e. The molecule has 0 aliphatic rings. The van der Waals surface area contributed by atoms with E-state index < -0.39 is 6.04 Å². The molecule has 14 heavy (non-hydrogen) atoms. The molecular formula is C8H17N3O2S. The molecule has 0 saturated heterocycles. The van der Waals surface area contributed by atoms with Crippen LogP contribution < -0.4 is 16.4 Å². The summed E-state index contributed by atoms with van der Waals surface area (Å²) < 4.78 is 0. The number of carbonyl (C=O) groups is 2. The first-order valence-corrected chi connectivity index (χ1v) is 5.74. The molecule has 4 N–H and O–H groups in total. The van der Waals surface area contributed by atoms with Crippen LogP contribution in [-0.4, -0.2) is 43.0 Å². The van der Waals surface area contributed by atoms with Crippen molar-refractivity contribution in [1.82, 2.24) is 10.6 Å². The Morgan fingerprint density at radius 2 is 1.93 bits per heavy atom. The summed E-state index contributed by atoms with van der Waals surface area (Å²) in [5.74, 6) is 0.323. The van der Waals surface area contributed by atoms with Crippen molar-refractivity contribution in [1.29, 1.82) is 0 Å². The zero-order valence-electron chi connectivity index (χ0n) is 8.50. The second-order valence-electron chi connectivity index (χ2n) is 2.84. The van der Waals surface area contributed by atoms with Crippen LogP contribution in [0.3, 0.4) is 0 Å². The second kappa shape index (κ2) is 7.64. The van der Waals surface area contributed by atoms with Crippen LogP contribution in [0.15, 0.2) is 0 Å². The fourth-order valence-corrected chi connectivity index (χ4v) is 1.32. The van der Waals surface area contributed by atoms with Crippen molar-refractivity contribution in [2.45, 2.75) is 13.0 Å². The number of carbonyl (C=O) groups excluding carboxylic acids is 2. The highest BCUT2D eigenvalue weighted by Crippen LogP contribution is 1.93. The van der Waals surface area contributed by atoms with Crippen LogP contribution in [0.25, 0.3) is 0 Å². The Morgan fingerprint density at radius 3 is 2.43 bits per heavy atom. The standard InChI is InChI=1S/C8H17N3O2S/c1-6(12)10-3-4-11-8(13)7(9)5-14-2/h7H,3-5,9H2,1-2H3,(H,10,12)(H,11,13). The molecule has 0 aliphatic carbocycles. The number of rotatable bonds is 6. The zero-order chi connectivity index (χ0) is 11.0. The fraction of sp³-hybridized carbons (Fsp3) is 0.750. The maximum atomic E-state index is 11.2. The molecule has 1 atom stereocenters. The second-order valence-corrected chi connectivity index (χ2v) is 3.75. The monoisotopic (exact) mass is 219 g/mol. The first kappa shape index (κ1) is 13.2. The Bertz CT molecular complexity index is 199. The third-order valence-electron chi connectivity index (χ3n) is 1.48. The number of amides is 2. The summed E-state index contributed by atoms with van der Waals surface area (Å²) in [6, 6.07) is -0.470. The van der Waals surface area contributed by atoms with Gasteiger partial charge in [0.25, 0.3) is 0 Å². The average molecular weight is 219 g/mol. The summed E-state index contributed by atoms with van der Waals surface area (Å²) in [4.78, 5) is 21.7. The van der Waals surface area contributed by atoms with E-state index in [1.165, 1.54) is 18.7 Å². The molecule has 0 aromatic rings. The van der Waals surface area contributed by atoms with E-state index in [0.29, 0.717) is 18.8 Å². The summed E-state index contributed by atoms with van der Waals surface area (Å²) in [5, 5.41) is 5.20. The predicted octanol–water partition coefficient (Wildman–Crippen LogP) is -1.07. The van der Waals surface area contributed by atoms with Gasteiger partial charge in [-0.3, -0.25) is 9.59 Å². The van der Waals surface area contributed by atoms with Gasteiger partial charge in [0, 0.05) is 25.8 Å². The molecule has 82 valence electrons. The van der Waals surface area contributed by atoms with Crippen molar-refractivity contribution < 1.29 is 9.59 Å². The smallest absolute Gasteiger partial charge is 0.237 e. The van der Waals surface area contributed by atoms with Gasteiger partial charge in [-0.25, -0.2) is 0 Å². The lowest BCUT2D eigenvalue weighted by Gasteiger charge is -2.10. The van der Waals surface area contributed by atoms with Gasteiger partial charge in [0.2, 0.25) is 11.8 Å². The lowest BCUT2D eigenvalue weighted by Crippen LogP contribution is -2.44. The lowest BCUT2D eigenvalue weighted by atomic mass is 10.3. The van der Waals surface area contributed by atoms with Crippen LogP contribution in [0.5, 0.6) is 0 Å². The fourth-order valence-electron chi connectivity index (χ4n) is 0.811. The normalized spacial score (nSPS) is 11.9. The topological polar surface area (TPSA) is 84.2 Å². The molecule has 0 bridgehead atoms. The highest BCUT2D eigenvalue weighted by molar-refractivity contribution is 7.98. The van der Waals surface area contributed by atoms with Crippen molar-refractivity contribution in [3.05, 3.63) is 0 Å². The third-order valence-corrected chi connectivity index (χ3v) is 2.17. The number of thioether (sulfide) groups is 1. The molecule has 1 unspecified atom stereocenters. The SMILES string of the molecule is CSCC(N)C(=O)NCCNC(C)=O. The van der Waals surface area contributed by atoms with Crippen LogP contribution in [-0.2, 0) is 9.59 Å². The van der Waals surface area contributed by atoms with Gasteiger partial charge in [-0.15, -0.1) is 0 Å².